The summed E-state index contributed by atoms with van der Waals surface area (Å²) >= 11 is 0. The van der Waals surface area contributed by atoms with Crippen LogP contribution >= 0.6 is 0 Å². The van der Waals surface area contributed by atoms with Gasteiger partial charge in [-0.3, -0.25) is 28.8 Å². The maximum absolute atomic E-state index is 14.2. The van der Waals surface area contributed by atoms with Gasteiger partial charge in [-0.2, -0.15) is 0 Å². The Bertz CT molecular complexity index is 1810. The molecule has 2 saturated heterocycles. The zero-order chi connectivity index (χ0) is 47.3. The molecule has 0 aromatic heterocycles. The molecule has 6 amide bonds. The van der Waals surface area contributed by atoms with Crippen molar-refractivity contribution in [2.24, 2.45) is 0 Å². The third-order valence-corrected chi connectivity index (χ3v) is 11.2. The Hall–Kier alpha value is -6.32. The number of benzene rings is 2. The maximum Gasteiger partial charge on any atom is 0.258 e. The fraction of sp³-hybridized carbons (Fsp3) is 0.522. The molecule has 2 heterocycles. The van der Waals surface area contributed by atoms with Crippen LogP contribution in [0.25, 0.3) is 0 Å². The molecule has 0 spiro atoms. The highest BCUT2D eigenvalue weighted by atomic mass is 16.5. The molecule has 0 saturated carbocycles. The van der Waals surface area contributed by atoms with Gasteiger partial charge in [0.1, 0.15) is 46.2 Å². The second kappa shape index (κ2) is 26.3. The first-order chi connectivity index (χ1) is 30.8. The molecule has 6 atom stereocenters. The van der Waals surface area contributed by atoms with Crippen LogP contribution in [-0.2, 0) is 19.2 Å². The van der Waals surface area contributed by atoms with Crippen molar-refractivity contribution >= 4 is 35.4 Å². The highest BCUT2D eigenvalue weighted by Gasteiger charge is 2.36. The van der Waals surface area contributed by atoms with Crippen molar-refractivity contribution in [3.8, 4) is 34.8 Å². The Kier molecular flexibility index (Phi) is 21.4. The lowest BCUT2D eigenvalue weighted by Gasteiger charge is -2.30. The molecule has 6 N–H and O–H groups in total. The minimum absolute atomic E-state index is 0.0818. The summed E-state index contributed by atoms with van der Waals surface area (Å²) in [6.45, 7) is 10.5. The van der Waals surface area contributed by atoms with E-state index >= 15 is 0 Å². The molecule has 350 valence electrons. The molecule has 18 heteroatoms. The molecule has 2 aliphatic heterocycles. The molecular weight excluding hydrogens is 825 g/mol. The Morgan fingerprint density at radius 1 is 0.625 bits per heavy atom. The third-order valence-electron chi connectivity index (χ3n) is 11.2. The molecular formula is C46H66N8O10. The summed E-state index contributed by atoms with van der Waals surface area (Å²) in [7, 11) is 9.11. The summed E-state index contributed by atoms with van der Waals surface area (Å²) < 4.78 is 21.6. The van der Waals surface area contributed by atoms with Crippen molar-refractivity contribution < 1.29 is 47.7 Å². The van der Waals surface area contributed by atoms with Crippen molar-refractivity contribution in [3.05, 3.63) is 60.7 Å². The zero-order valence-electron chi connectivity index (χ0n) is 38.4. The van der Waals surface area contributed by atoms with Crippen LogP contribution < -0.4 is 50.8 Å². The summed E-state index contributed by atoms with van der Waals surface area (Å²) in [6, 6.07) is 6.05. The molecule has 2 aromatic carbocycles. The topological polar surface area (TPSA) is 218 Å². The van der Waals surface area contributed by atoms with Gasteiger partial charge < -0.3 is 60.6 Å². The molecule has 64 heavy (non-hydrogen) atoms. The van der Waals surface area contributed by atoms with Gasteiger partial charge in [0.2, 0.25) is 23.6 Å². The summed E-state index contributed by atoms with van der Waals surface area (Å²) in [5.41, 5.74) is 0.473. The van der Waals surface area contributed by atoms with Gasteiger partial charge in [0.05, 0.1) is 40.5 Å². The molecule has 0 aliphatic carbocycles. The van der Waals surface area contributed by atoms with Crippen LogP contribution in [0.4, 0.5) is 0 Å². The van der Waals surface area contributed by atoms with Crippen molar-refractivity contribution in [2.75, 3.05) is 68.7 Å². The van der Waals surface area contributed by atoms with Crippen LogP contribution in [0.1, 0.15) is 73.1 Å². The number of hydrogen-bond donors (Lipinski definition) is 6. The number of carbonyl (C=O) groups excluding carboxylic acids is 6. The predicted molar refractivity (Wildman–Crippen MR) is 242 cm³/mol. The van der Waals surface area contributed by atoms with E-state index in [1.807, 2.05) is 0 Å². The Labute approximate surface area is 376 Å². The average molecular weight is 891 g/mol. The fourth-order valence-electron chi connectivity index (χ4n) is 7.43. The maximum atomic E-state index is 14.2. The van der Waals surface area contributed by atoms with Crippen LogP contribution in [0, 0.1) is 11.8 Å². The quantitative estimate of drug-likeness (QED) is 0.0827. The number of methoxy groups -OCH3 is 4. The predicted octanol–water partition coefficient (Wildman–Crippen LogP) is 1.63. The Balaban J connectivity index is 0.00000537. The van der Waals surface area contributed by atoms with Gasteiger partial charge in [0, 0.05) is 51.1 Å². The van der Waals surface area contributed by atoms with Gasteiger partial charge in [0.15, 0.2) is 0 Å². The Morgan fingerprint density at radius 3 is 1.25 bits per heavy atom. The number of likely N-dealkylation sites (tertiary alicyclic amines) is 2. The molecule has 2 aliphatic rings. The minimum atomic E-state index is -1.04. The van der Waals surface area contributed by atoms with Gasteiger partial charge in [-0.15, -0.1) is 25.0 Å². The summed E-state index contributed by atoms with van der Waals surface area (Å²) in [6.07, 6.45) is 2.46. The summed E-state index contributed by atoms with van der Waals surface area (Å²) in [5, 5.41) is 17.3. The SMILES string of the molecule is C=C.CN[C@@H](C)C(=O)NC(CC#CC[C@H](NC(=O)[C@H](C)NC)C(=O)N1CCCC1CNC(=O)c1c(OC)cccc1OC)C(=O)N1CCCC1CNC(=O)c1c(OC)cccc1OC. The molecule has 3 unspecified atom stereocenters. The van der Waals surface area contributed by atoms with Crippen LogP contribution in [0.5, 0.6) is 23.0 Å². The van der Waals surface area contributed by atoms with E-state index in [9.17, 15) is 28.8 Å². The molecule has 2 aromatic rings. The van der Waals surface area contributed by atoms with E-state index < -0.39 is 47.8 Å². The summed E-state index contributed by atoms with van der Waals surface area (Å²) in [5.74, 6) is 5.00. The lowest BCUT2D eigenvalue weighted by atomic mass is 10.1. The van der Waals surface area contributed by atoms with E-state index in [0.29, 0.717) is 61.8 Å². The van der Waals surface area contributed by atoms with Crippen molar-refractivity contribution in [1.82, 2.24) is 41.7 Å². The van der Waals surface area contributed by atoms with E-state index in [1.165, 1.54) is 28.4 Å². The molecule has 18 nitrogen and oxygen atoms in total. The first kappa shape index (κ1) is 52.0. The van der Waals surface area contributed by atoms with Gasteiger partial charge in [-0.1, -0.05) is 12.1 Å². The van der Waals surface area contributed by atoms with Crippen molar-refractivity contribution in [1.29, 1.82) is 0 Å². The van der Waals surface area contributed by atoms with Gasteiger partial charge >= 0.3 is 0 Å². The monoisotopic (exact) mass is 890 g/mol. The van der Waals surface area contributed by atoms with Crippen molar-refractivity contribution in [2.45, 2.75) is 88.6 Å². The van der Waals surface area contributed by atoms with Crippen LogP contribution in [0.2, 0.25) is 0 Å². The molecule has 4 rings (SSSR count). The third kappa shape index (κ3) is 13.6. The van der Waals surface area contributed by atoms with Gasteiger partial charge in [-0.25, -0.2) is 0 Å². The number of carbonyl (C=O) groups is 6. The van der Waals surface area contributed by atoms with Gasteiger partial charge in [0.25, 0.3) is 11.8 Å². The highest BCUT2D eigenvalue weighted by Crippen LogP contribution is 2.30. The van der Waals surface area contributed by atoms with Crippen LogP contribution in [0.3, 0.4) is 0 Å². The number of likely N-dealkylation sites (N-methyl/N-ethyl adjacent to an activating group) is 2. The van der Waals surface area contributed by atoms with E-state index in [0.717, 1.165) is 0 Å². The molecule has 0 bridgehead atoms. The van der Waals surface area contributed by atoms with E-state index in [2.05, 4.69) is 56.9 Å². The zero-order valence-corrected chi connectivity index (χ0v) is 38.4. The largest absolute Gasteiger partial charge is 0.496 e. The lowest BCUT2D eigenvalue weighted by molar-refractivity contribution is -0.137. The van der Waals surface area contributed by atoms with Crippen LogP contribution in [0.15, 0.2) is 49.6 Å². The summed E-state index contributed by atoms with van der Waals surface area (Å²) in [4.78, 5) is 84.6. The van der Waals surface area contributed by atoms with E-state index in [-0.39, 0.29) is 61.0 Å². The number of ether oxygens (including phenoxy) is 4. The number of amides is 6. The second-order valence-corrected chi connectivity index (χ2v) is 15.1. The van der Waals surface area contributed by atoms with E-state index in [4.69, 9.17) is 18.9 Å². The van der Waals surface area contributed by atoms with Crippen LogP contribution in [-0.4, -0.2) is 150 Å². The Morgan fingerprint density at radius 2 is 0.953 bits per heavy atom. The second-order valence-electron chi connectivity index (χ2n) is 15.1. The lowest BCUT2D eigenvalue weighted by Crippen LogP contribution is -2.54. The first-order valence-corrected chi connectivity index (χ1v) is 21.3. The number of nitrogens with zero attached hydrogens (tertiary/aromatic N) is 2. The average Bonchev–Trinajstić information content (AvgIpc) is 4.01. The molecule has 0 radical (unpaired) electrons. The number of nitrogens with one attached hydrogen (secondary N) is 6. The molecule has 2 fully saturated rings. The minimum Gasteiger partial charge on any atom is -0.496 e. The highest BCUT2D eigenvalue weighted by molar-refractivity contribution is 6.00. The van der Waals surface area contributed by atoms with E-state index in [1.54, 1.807) is 74.1 Å². The standard InChI is InChI=1S/C44H62N8O10.C2H4/c1-27(45-3)39(53)49-31(43(57)51-23-13-15-29(51)25-47-41(55)37-33(59-5)19-11-20-34(37)60-6)17-9-10-18-32(50-40(54)28(2)46-4)44(58)52-24-14-16-30(52)26-48-42(56)38-35(61-7)21-12-22-36(38)62-8;1-2/h11-12,19-22,27-32,45-46H,13-18,23-26H2,1-8H3,(H,47,55)(H,48,56)(H,49,53)(H,50,54);1-2H2/t27-,28-,29?,30?,31-,32?;/m0./s1. The number of hydrogen-bond acceptors (Lipinski definition) is 12. The first-order valence-electron chi connectivity index (χ1n) is 21.3. The van der Waals surface area contributed by atoms with Crippen molar-refractivity contribution in [3.63, 3.8) is 0 Å². The van der Waals surface area contributed by atoms with Gasteiger partial charge in [-0.05, 0) is 77.9 Å². The normalized spacial score (nSPS) is 17.1. The number of rotatable bonds is 20. The smallest absolute Gasteiger partial charge is 0.258 e. The fourth-order valence-corrected chi connectivity index (χ4v) is 7.43.